The molecule has 0 aromatic heterocycles. The number of nitrogens with zero attached hydrogens (tertiary/aromatic N) is 3. The number of piperazine rings is 1. The minimum atomic E-state index is -3.97. The first-order valence-electron chi connectivity index (χ1n) is 9.20. The van der Waals surface area contributed by atoms with Crippen LogP contribution in [0.1, 0.15) is 32.6 Å². The van der Waals surface area contributed by atoms with E-state index in [0.717, 1.165) is 12.8 Å². The van der Waals surface area contributed by atoms with Crippen molar-refractivity contribution in [2.45, 2.75) is 57.0 Å². The smallest absolute Gasteiger partial charge is 0.319 e. The van der Waals surface area contributed by atoms with Gasteiger partial charge in [0.2, 0.25) is 5.91 Å². The van der Waals surface area contributed by atoms with E-state index in [-0.39, 0.29) is 25.0 Å². The fourth-order valence-corrected chi connectivity index (χ4v) is 3.67. The Morgan fingerprint density at radius 1 is 1.08 bits per heavy atom. The van der Waals surface area contributed by atoms with Gasteiger partial charge in [-0.2, -0.15) is 8.78 Å². The van der Waals surface area contributed by atoms with Gasteiger partial charge in [0.15, 0.2) is 0 Å². The van der Waals surface area contributed by atoms with Crippen molar-refractivity contribution < 1.29 is 22.4 Å². The molecular formula is C17H27F4N3O. The fraction of sp³-hybridized carbons (Fsp3) is 0.941. The third kappa shape index (κ3) is 4.84. The zero-order valence-corrected chi connectivity index (χ0v) is 14.6. The van der Waals surface area contributed by atoms with Crippen LogP contribution in [0.15, 0.2) is 0 Å². The maximum atomic E-state index is 13.1. The Morgan fingerprint density at radius 2 is 1.64 bits per heavy atom. The van der Waals surface area contributed by atoms with Gasteiger partial charge in [-0.3, -0.25) is 14.6 Å². The summed E-state index contributed by atoms with van der Waals surface area (Å²) >= 11 is 0. The molecule has 1 saturated heterocycles. The normalized spacial score (nSPS) is 24.6. The third-order valence-electron chi connectivity index (χ3n) is 5.55. The van der Waals surface area contributed by atoms with Gasteiger partial charge in [-0.25, -0.2) is 8.78 Å². The highest BCUT2D eigenvalue weighted by atomic mass is 19.3. The average Bonchev–Trinajstić information content (AvgIpc) is 3.42. The van der Waals surface area contributed by atoms with Crippen LogP contribution in [-0.4, -0.2) is 84.3 Å². The number of carbonyl (C=O) groups excluding carboxylic acids is 1. The van der Waals surface area contributed by atoms with Crippen LogP contribution in [0.2, 0.25) is 0 Å². The Bertz CT molecular complexity index is 475. The molecule has 4 nitrogen and oxygen atoms in total. The molecule has 144 valence electrons. The first-order valence-corrected chi connectivity index (χ1v) is 9.20. The highest BCUT2D eigenvalue weighted by Gasteiger charge is 2.44. The molecule has 1 atom stereocenters. The molecule has 2 aliphatic carbocycles. The minimum absolute atomic E-state index is 0.119. The fourth-order valence-electron chi connectivity index (χ4n) is 3.67. The predicted molar refractivity (Wildman–Crippen MR) is 85.9 cm³/mol. The molecular weight excluding hydrogens is 338 g/mol. The van der Waals surface area contributed by atoms with Gasteiger partial charge in [-0.05, 0) is 38.5 Å². The van der Waals surface area contributed by atoms with E-state index in [1.165, 1.54) is 17.7 Å². The lowest BCUT2D eigenvalue weighted by Crippen LogP contribution is -2.54. The number of rotatable bonds is 8. The molecule has 0 N–H and O–H groups in total. The summed E-state index contributed by atoms with van der Waals surface area (Å²) in [6.07, 6.45) is 0.880. The summed E-state index contributed by atoms with van der Waals surface area (Å²) < 4.78 is 50.9. The van der Waals surface area contributed by atoms with E-state index in [4.69, 9.17) is 0 Å². The van der Waals surface area contributed by atoms with Crippen LogP contribution in [0, 0.1) is 5.92 Å². The van der Waals surface area contributed by atoms with E-state index in [9.17, 15) is 22.4 Å². The molecule has 0 bridgehead atoms. The van der Waals surface area contributed by atoms with Crippen LogP contribution < -0.4 is 0 Å². The van der Waals surface area contributed by atoms with E-state index in [1.54, 1.807) is 0 Å². The highest BCUT2D eigenvalue weighted by Crippen LogP contribution is 2.39. The van der Waals surface area contributed by atoms with Gasteiger partial charge in [0.1, 0.15) is 0 Å². The van der Waals surface area contributed by atoms with Gasteiger partial charge in [-0.15, -0.1) is 0 Å². The molecule has 0 spiro atoms. The molecule has 3 aliphatic rings. The largest absolute Gasteiger partial charge is 0.336 e. The summed E-state index contributed by atoms with van der Waals surface area (Å²) in [5, 5.41) is 0. The predicted octanol–water partition coefficient (Wildman–Crippen LogP) is 2.29. The molecule has 1 heterocycles. The van der Waals surface area contributed by atoms with E-state index in [0.29, 0.717) is 31.6 Å². The summed E-state index contributed by atoms with van der Waals surface area (Å²) in [5.41, 5.74) is 0. The van der Waals surface area contributed by atoms with Crippen molar-refractivity contribution in [3.05, 3.63) is 0 Å². The molecule has 0 aromatic rings. The molecule has 1 amide bonds. The summed E-state index contributed by atoms with van der Waals surface area (Å²) in [7, 11) is 0. The molecule has 0 radical (unpaired) electrons. The lowest BCUT2D eigenvalue weighted by Gasteiger charge is -2.37. The lowest BCUT2D eigenvalue weighted by atomic mass is 10.1. The van der Waals surface area contributed by atoms with Crippen LogP contribution >= 0.6 is 0 Å². The van der Waals surface area contributed by atoms with Crippen molar-refractivity contribution in [3.8, 4) is 0 Å². The first kappa shape index (κ1) is 18.9. The summed E-state index contributed by atoms with van der Waals surface area (Å²) in [5.74, 6) is -3.23. The second kappa shape index (κ2) is 7.39. The Morgan fingerprint density at radius 3 is 2.12 bits per heavy atom. The van der Waals surface area contributed by atoms with Gasteiger partial charge >= 0.3 is 12.3 Å². The van der Waals surface area contributed by atoms with Gasteiger partial charge in [-0.1, -0.05) is 0 Å². The van der Waals surface area contributed by atoms with Crippen molar-refractivity contribution in [3.63, 3.8) is 0 Å². The van der Waals surface area contributed by atoms with Crippen molar-refractivity contribution in [1.29, 1.82) is 0 Å². The molecule has 0 unspecified atom stereocenters. The number of amides is 1. The van der Waals surface area contributed by atoms with Crippen LogP contribution in [0.25, 0.3) is 0 Å². The lowest BCUT2D eigenvalue weighted by molar-refractivity contribution is -0.146. The zero-order valence-electron chi connectivity index (χ0n) is 14.6. The van der Waals surface area contributed by atoms with E-state index in [1.807, 2.05) is 9.80 Å². The number of halogens is 4. The van der Waals surface area contributed by atoms with Crippen LogP contribution in [0.3, 0.4) is 0 Å². The monoisotopic (exact) mass is 365 g/mol. The summed E-state index contributed by atoms with van der Waals surface area (Å²) in [6.45, 7) is 3.00. The van der Waals surface area contributed by atoms with E-state index >= 15 is 0 Å². The van der Waals surface area contributed by atoms with Crippen LogP contribution in [0.4, 0.5) is 17.6 Å². The number of carbonyl (C=O) groups is 1. The van der Waals surface area contributed by atoms with Crippen LogP contribution in [0.5, 0.6) is 0 Å². The molecule has 8 heteroatoms. The van der Waals surface area contributed by atoms with Crippen molar-refractivity contribution in [2.75, 3.05) is 39.3 Å². The van der Waals surface area contributed by atoms with Crippen molar-refractivity contribution >= 4 is 5.91 Å². The molecule has 2 saturated carbocycles. The first-order chi connectivity index (χ1) is 11.8. The van der Waals surface area contributed by atoms with Crippen molar-refractivity contribution in [2.24, 2.45) is 5.92 Å². The van der Waals surface area contributed by atoms with Crippen molar-refractivity contribution in [1.82, 2.24) is 14.7 Å². The van der Waals surface area contributed by atoms with E-state index in [2.05, 4.69) is 6.92 Å². The molecule has 3 rings (SSSR count). The highest BCUT2D eigenvalue weighted by molar-refractivity contribution is 5.79. The number of alkyl halides is 4. The number of hydrogen-bond donors (Lipinski definition) is 0. The number of hydrogen-bond acceptors (Lipinski definition) is 3. The molecule has 25 heavy (non-hydrogen) atoms. The average molecular weight is 365 g/mol. The molecule has 3 fully saturated rings. The van der Waals surface area contributed by atoms with Gasteiger partial charge in [0.25, 0.3) is 0 Å². The van der Waals surface area contributed by atoms with Gasteiger partial charge < -0.3 is 4.90 Å². The standard InChI is InChI=1S/C17H27F4N3O/c1-12(13-2-3-13)24(14-4-5-14)15(25)10-22-6-8-23(9-7-22)11-17(20,21)16(18)19/h12-14,16H,2-11H2,1H3/t12-/m1/s1. The quantitative estimate of drug-likeness (QED) is 0.618. The minimum Gasteiger partial charge on any atom is -0.336 e. The Kier molecular flexibility index (Phi) is 5.58. The SMILES string of the molecule is C[C@H](C1CC1)N(C(=O)CN1CCN(CC(F)(F)C(F)F)CC1)C1CC1. The van der Waals surface area contributed by atoms with Gasteiger partial charge in [0.05, 0.1) is 13.1 Å². The second-order valence-corrected chi connectivity index (χ2v) is 7.72. The zero-order chi connectivity index (χ0) is 18.2. The van der Waals surface area contributed by atoms with E-state index < -0.39 is 18.9 Å². The Hall–Kier alpha value is -0.890. The topological polar surface area (TPSA) is 26.8 Å². The second-order valence-electron chi connectivity index (χ2n) is 7.72. The molecule has 0 aromatic carbocycles. The van der Waals surface area contributed by atoms with Gasteiger partial charge in [0, 0.05) is 38.3 Å². The van der Waals surface area contributed by atoms with Crippen LogP contribution in [-0.2, 0) is 4.79 Å². The maximum absolute atomic E-state index is 13.1. The summed E-state index contributed by atoms with van der Waals surface area (Å²) in [6, 6.07) is 0.653. The molecule has 1 aliphatic heterocycles. The third-order valence-corrected chi connectivity index (χ3v) is 5.55. The Labute approximate surface area is 146 Å². The maximum Gasteiger partial charge on any atom is 0.319 e. The summed E-state index contributed by atoms with van der Waals surface area (Å²) in [4.78, 5) is 18.1. The Balaban J connectivity index is 1.46.